The fraction of sp³-hybridized carbons (Fsp3) is 0.0400. The summed E-state index contributed by atoms with van der Waals surface area (Å²) in [5, 5.41) is 2.68. The second kappa shape index (κ2) is 6.99. The maximum absolute atomic E-state index is 13.4. The molecule has 1 heterocycles. The molecular weight excluding hydrogens is 363 g/mol. The van der Waals surface area contributed by atoms with Crippen LogP contribution < -0.4 is 5.56 Å². The van der Waals surface area contributed by atoms with Gasteiger partial charge in [-0.1, -0.05) is 66.7 Å². The molecule has 0 unspecified atom stereocenters. The number of benzene rings is 4. The van der Waals surface area contributed by atoms with Crippen molar-refractivity contribution in [3.63, 3.8) is 0 Å². The van der Waals surface area contributed by atoms with Crippen molar-refractivity contribution < 1.29 is 4.39 Å². The molecule has 29 heavy (non-hydrogen) atoms. The molecule has 0 aliphatic heterocycles. The number of hydrogen-bond donors (Lipinski definition) is 0. The monoisotopic (exact) mass is 380 g/mol. The third-order valence-electron chi connectivity index (χ3n) is 5.15. The van der Waals surface area contributed by atoms with Gasteiger partial charge < -0.3 is 0 Å². The standard InChI is InChI=1S/C25H17FN2O/c26-19-14-12-17(13-15-19)16-28-24(27-23-11-4-3-9-22(23)25(28)29)21-10-5-7-18-6-1-2-8-20(18)21/h1-15H,16H2. The summed E-state index contributed by atoms with van der Waals surface area (Å²) in [6.45, 7) is 0.315. The van der Waals surface area contributed by atoms with Gasteiger partial charge in [-0.15, -0.1) is 0 Å². The summed E-state index contributed by atoms with van der Waals surface area (Å²) >= 11 is 0. The second-order valence-corrected chi connectivity index (χ2v) is 7.00. The van der Waals surface area contributed by atoms with E-state index in [1.165, 1.54) is 12.1 Å². The molecule has 4 heteroatoms. The van der Waals surface area contributed by atoms with Crippen LogP contribution in [0.5, 0.6) is 0 Å². The Morgan fingerprint density at radius 3 is 2.28 bits per heavy atom. The molecular formula is C25H17FN2O. The first kappa shape index (κ1) is 17.3. The van der Waals surface area contributed by atoms with E-state index >= 15 is 0 Å². The van der Waals surface area contributed by atoms with Crippen LogP contribution in [-0.2, 0) is 6.54 Å². The number of fused-ring (bicyclic) bond motifs is 2. The van der Waals surface area contributed by atoms with Crippen molar-refractivity contribution in [1.82, 2.24) is 9.55 Å². The molecule has 0 bridgehead atoms. The van der Waals surface area contributed by atoms with Crippen molar-refractivity contribution >= 4 is 21.7 Å². The van der Waals surface area contributed by atoms with Gasteiger partial charge in [0, 0.05) is 5.56 Å². The van der Waals surface area contributed by atoms with Crippen LogP contribution in [0, 0.1) is 5.82 Å². The van der Waals surface area contributed by atoms with E-state index in [1.807, 2.05) is 60.7 Å². The Bertz CT molecular complexity index is 1400. The first-order valence-electron chi connectivity index (χ1n) is 9.43. The smallest absolute Gasteiger partial charge is 0.261 e. The zero-order valence-corrected chi connectivity index (χ0v) is 15.5. The maximum Gasteiger partial charge on any atom is 0.261 e. The summed E-state index contributed by atoms with van der Waals surface area (Å²) in [5.74, 6) is 0.307. The van der Waals surface area contributed by atoms with Crippen molar-refractivity contribution in [1.29, 1.82) is 0 Å². The highest BCUT2D eigenvalue weighted by atomic mass is 19.1. The molecule has 0 radical (unpaired) electrons. The van der Waals surface area contributed by atoms with E-state index in [-0.39, 0.29) is 11.4 Å². The summed E-state index contributed by atoms with van der Waals surface area (Å²) in [6.07, 6.45) is 0. The lowest BCUT2D eigenvalue weighted by atomic mass is 10.0. The third kappa shape index (κ3) is 3.09. The molecule has 4 aromatic carbocycles. The first-order valence-corrected chi connectivity index (χ1v) is 9.43. The van der Waals surface area contributed by atoms with Gasteiger partial charge in [0.2, 0.25) is 0 Å². The first-order chi connectivity index (χ1) is 14.2. The molecule has 5 rings (SSSR count). The minimum atomic E-state index is -0.299. The van der Waals surface area contributed by atoms with E-state index in [2.05, 4.69) is 0 Å². The molecule has 0 N–H and O–H groups in total. The highest BCUT2D eigenvalue weighted by Crippen LogP contribution is 2.28. The average Bonchev–Trinajstić information content (AvgIpc) is 2.77. The van der Waals surface area contributed by atoms with Crippen LogP contribution in [-0.4, -0.2) is 9.55 Å². The van der Waals surface area contributed by atoms with E-state index in [1.54, 1.807) is 22.8 Å². The normalized spacial score (nSPS) is 11.2. The van der Waals surface area contributed by atoms with Crippen LogP contribution in [0.1, 0.15) is 5.56 Å². The molecule has 0 amide bonds. The maximum atomic E-state index is 13.4. The Morgan fingerprint density at radius 2 is 1.45 bits per heavy atom. The lowest BCUT2D eigenvalue weighted by Gasteiger charge is -2.15. The van der Waals surface area contributed by atoms with Crippen LogP contribution in [0.2, 0.25) is 0 Å². The number of aromatic nitrogens is 2. The molecule has 0 aliphatic carbocycles. The minimum Gasteiger partial charge on any atom is -0.288 e. The third-order valence-corrected chi connectivity index (χ3v) is 5.15. The van der Waals surface area contributed by atoms with Crippen molar-refractivity contribution in [3.8, 4) is 11.4 Å². The fourth-order valence-electron chi connectivity index (χ4n) is 3.71. The molecule has 0 aliphatic rings. The highest BCUT2D eigenvalue weighted by Gasteiger charge is 2.15. The van der Waals surface area contributed by atoms with Crippen molar-refractivity contribution in [3.05, 3.63) is 113 Å². The van der Waals surface area contributed by atoms with Crippen LogP contribution >= 0.6 is 0 Å². The Hall–Kier alpha value is -3.79. The number of rotatable bonds is 3. The van der Waals surface area contributed by atoms with Crippen molar-refractivity contribution in [2.24, 2.45) is 0 Å². The van der Waals surface area contributed by atoms with Crippen molar-refractivity contribution in [2.45, 2.75) is 6.54 Å². The number of halogens is 1. The molecule has 0 saturated carbocycles. The van der Waals surface area contributed by atoms with Crippen LogP contribution in [0.3, 0.4) is 0 Å². The topological polar surface area (TPSA) is 34.9 Å². The predicted octanol–water partition coefficient (Wildman–Crippen LogP) is 5.40. The molecule has 0 saturated heterocycles. The number of hydrogen-bond acceptors (Lipinski definition) is 2. The molecule has 140 valence electrons. The lowest BCUT2D eigenvalue weighted by molar-refractivity contribution is 0.626. The van der Waals surface area contributed by atoms with Gasteiger partial charge in [0.05, 0.1) is 17.4 Å². The summed E-state index contributed by atoms with van der Waals surface area (Å²) in [6, 6.07) is 27.6. The predicted molar refractivity (Wildman–Crippen MR) is 114 cm³/mol. The summed E-state index contributed by atoms with van der Waals surface area (Å²) in [7, 11) is 0. The van der Waals surface area contributed by atoms with Gasteiger partial charge in [-0.25, -0.2) is 9.37 Å². The van der Waals surface area contributed by atoms with Gasteiger partial charge in [0.15, 0.2) is 0 Å². The summed E-state index contributed by atoms with van der Waals surface area (Å²) in [5.41, 5.74) is 2.29. The van der Waals surface area contributed by atoms with Crippen LogP contribution in [0.4, 0.5) is 4.39 Å². The van der Waals surface area contributed by atoms with Gasteiger partial charge in [-0.05, 0) is 40.6 Å². The van der Waals surface area contributed by atoms with E-state index in [0.717, 1.165) is 21.9 Å². The molecule has 0 fully saturated rings. The SMILES string of the molecule is O=c1c2ccccc2nc(-c2cccc3ccccc23)n1Cc1ccc(F)cc1. The van der Waals surface area contributed by atoms with E-state index in [9.17, 15) is 9.18 Å². The molecule has 0 atom stereocenters. The van der Waals surface area contributed by atoms with E-state index in [0.29, 0.717) is 23.3 Å². The Balaban J connectivity index is 1.81. The molecule has 1 aromatic heterocycles. The quantitative estimate of drug-likeness (QED) is 0.420. The summed E-state index contributed by atoms with van der Waals surface area (Å²) < 4.78 is 15.0. The largest absolute Gasteiger partial charge is 0.288 e. The summed E-state index contributed by atoms with van der Waals surface area (Å²) in [4.78, 5) is 18.2. The Kier molecular flexibility index (Phi) is 4.17. The molecule has 5 aromatic rings. The number of nitrogens with zero attached hydrogens (tertiary/aromatic N) is 2. The van der Waals surface area contributed by atoms with Gasteiger partial charge in [-0.3, -0.25) is 9.36 Å². The highest BCUT2D eigenvalue weighted by molar-refractivity contribution is 5.96. The van der Waals surface area contributed by atoms with Crippen LogP contribution in [0.15, 0.2) is 95.8 Å². The van der Waals surface area contributed by atoms with Gasteiger partial charge in [0.25, 0.3) is 5.56 Å². The zero-order valence-electron chi connectivity index (χ0n) is 15.5. The van der Waals surface area contributed by atoms with Crippen molar-refractivity contribution in [2.75, 3.05) is 0 Å². The van der Waals surface area contributed by atoms with E-state index in [4.69, 9.17) is 4.98 Å². The average molecular weight is 380 g/mol. The van der Waals surface area contributed by atoms with Gasteiger partial charge in [-0.2, -0.15) is 0 Å². The Morgan fingerprint density at radius 1 is 0.759 bits per heavy atom. The molecule has 3 nitrogen and oxygen atoms in total. The number of para-hydroxylation sites is 1. The lowest BCUT2D eigenvalue weighted by Crippen LogP contribution is -2.24. The van der Waals surface area contributed by atoms with Gasteiger partial charge >= 0.3 is 0 Å². The van der Waals surface area contributed by atoms with Gasteiger partial charge in [0.1, 0.15) is 11.6 Å². The zero-order chi connectivity index (χ0) is 19.8. The van der Waals surface area contributed by atoms with Crippen LogP contribution in [0.25, 0.3) is 33.1 Å². The minimum absolute atomic E-state index is 0.108. The van der Waals surface area contributed by atoms with E-state index < -0.39 is 0 Å². The second-order valence-electron chi connectivity index (χ2n) is 7.00. The fourth-order valence-corrected chi connectivity index (χ4v) is 3.71. The molecule has 0 spiro atoms. The Labute approximate surface area is 166 Å².